The Kier molecular flexibility index (Phi) is 7.31. The van der Waals surface area contributed by atoms with Crippen LogP contribution >= 0.6 is 0 Å². The highest BCUT2D eigenvalue weighted by Gasteiger charge is 2.14. The van der Waals surface area contributed by atoms with Gasteiger partial charge in [-0.2, -0.15) is 13.5 Å². The molecule has 0 aliphatic heterocycles. The standard InChI is InChI=1S/C23H21FN6O4S.3H2/c24-35(32,33)34-20-7-2-1-4-16(20)10-13-26-23(31)18-5-3-6-19(14-18)27-15-21-28-22(30-29-21)17-8-11-25-12-9-17;;;/h1-9,11-12,14,27H,10,13,15H2,(H,26,31)(H,28,29,30);3*1H. The fourth-order valence-electron chi connectivity index (χ4n) is 3.27. The predicted octanol–water partition coefficient (Wildman–Crippen LogP) is 3.78. The molecule has 186 valence electrons. The van der Waals surface area contributed by atoms with E-state index in [9.17, 15) is 17.1 Å². The lowest BCUT2D eigenvalue weighted by molar-refractivity contribution is 0.0954. The first-order valence-corrected chi connectivity index (χ1v) is 11.8. The van der Waals surface area contributed by atoms with Crippen molar-refractivity contribution in [3.05, 3.63) is 90.0 Å². The molecule has 0 spiro atoms. The van der Waals surface area contributed by atoms with Crippen molar-refractivity contribution in [1.82, 2.24) is 25.5 Å². The predicted molar refractivity (Wildman–Crippen MR) is 133 cm³/mol. The Balaban J connectivity index is 0.00000241. The Bertz CT molecular complexity index is 1430. The Morgan fingerprint density at radius 2 is 1.89 bits per heavy atom. The molecule has 12 heteroatoms. The number of pyridine rings is 1. The van der Waals surface area contributed by atoms with E-state index in [-0.39, 0.29) is 28.9 Å². The Morgan fingerprint density at radius 3 is 2.69 bits per heavy atom. The van der Waals surface area contributed by atoms with Crippen molar-refractivity contribution in [3.63, 3.8) is 0 Å². The highest BCUT2D eigenvalue weighted by Crippen LogP contribution is 2.21. The number of para-hydroxylation sites is 1. The number of halogens is 1. The summed E-state index contributed by atoms with van der Waals surface area (Å²) in [7, 11) is -5.13. The largest absolute Gasteiger partial charge is 0.488 e. The van der Waals surface area contributed by atoms with Crippen molar-refractivity contribution in [3.8, 4) is 17.1 Å². The van der Waals surface area contributed by atoms with E-state index in [1.807, 2.05) is 18.2 Å². The van der Waals surface area contributed by atoms with Crippen molar-refractivity contribution in [1.29, 1.82) is 0 Å². The molecular formula is C23H27FN6O4S. The van der Waals surface area contributed by atoms with Crippen LogP contribution in [0.2, 0.25) is 0 Å². The monoisotopic (exact) mass is 502 g/mol. The van der Waals surface area contributed by atoms with Crippen LogP contribution in [0.15, 0.2) is 73.1 Å². The number of anilines is 1. The fraction of sp³-hybridized carbons (Fsp3) is 0.130. The number of aromatic amines is 1. The number of carbonyl (C=O) groups is 1. The maximum atomic E-state index is 12.9. The van der Waals surface area contributed by atoms with Gasteiger partial charge in [-0.05, 0) is 48.4 Å². The Labute approximate surface area is 205 Å². The van der Waals surface area contributed by atoms with E-state index in [4.69, 9.17) is 0 Å². The molecule has 0 aliphatic carbocycles. The molecule has 0 saturated carbocycles. The van der Waals surface area contributed by atoms with Gasteiger partial charge in [-0.3, -0.25) is 14.9 Å². The van der Waals surface area contributed by atoms with Crippen LogP contribution in [0.5, 0.6) is 5.75 Å². The van der Waals surface area contributed by atoms with Crippen molar-refractivity contribution in [2.45, 2.75) is 13.0 Å². The van der Waals surface area contributed by atoms with Gasteiger partial charge in [0, 0.05) is 40.0 Å². The third-order valence-corrected chi connectivity index (χ3v) is 5.28. The average molecular weight is 503 g/mol. The van der Waals surface area contributed by atoms with Crippen LogP contribution in [-0.2, 0) is 23.5 Å². The summed E-state index contributed by atoms with van der Waals surface area (Å²) in [5.74, 6) is 0.760. The van der Waals surface area contributed by atoms with Crippen LogP contribution in [0.4, 0.5) is 9.57 Å². The van der Waals surface area contributed by atoms with Crippen LogP contribution in [0, 0.1) is 0 Å². The molecule has 0 saturated heterocycles. The Morgan fingerprint density at radius 1 is 1.09 bits per heavy atom. The minimum atomic E-state index is -5.13. The fourth-order valence-corrected chi connectivity index (χ4v) is 3.65. The second-order valence-electron chi connectivity index (χ2n) is 7.37. The zero-order valence-corrected chi connectivity index (χ0v) is 19.1. The topological polar surface area (TPSA) is 139 Å². The number of carbonyl (C=O) groups excluding carboxylic acids is 1. The molecule has 0 fully saturated rings. The van der Waals surface area contributed by atoms with Crippen molar-refractivity contribution >= 4 is 22.1 Å². The highest BCUT2D eigenvalue weighted by molar-refractivity contribution is 7.81. The summed E-state index contributed by atoms with van der Waals surface area (Å²) in [6.45, 7) is 0.566. The van der Waals surface area contributed by atoms with Gasteiger partial charge in [-0.1, -0.05) is 28.2 Å². The van der Waals surface area contributed by atoms with E-state index < -0.39 is 10.5 Å². The summed E-state index contributed by atoms with van der Waals surface area (Å²) in [4.78, 5) is 21.0. The van der Waals surface area contributed by atoms with E-state index in [1.165, 1.54) is 12.1 Å². The van der Waals surface area contributed by atoms with E-state index in [1.54, 1.807) is 42.7 Å². The van der Waals surface area contributed by atoms with Gasteiger partial charge >= 0.3 is 10.5 Å². The molecule has 0 atom stereocenters. The summed E-state index contributed by atoms with van der Waals surface area (Å²) >= 11 is 0. The zero-order chi connectivity index (χ0) is 24.7. The van der Waals surface area contributed by atoms with Crippen LogP contribution in [-0.4, -0.2) is 41.0 Å². The number of hydrogen-bond acceptors (Lipinski definition) is 8. The van der Waals surface area contributed by atoms with E-state index in [0.29, 0.717) is 35.0 Å². The molecule has 2 aromatic carbocycles. The summed E-state index contributed by atoms with van der Waals surface area (Å²) in [5.41, 5.74) is 2.44. The van der Waals surface area contributed by atoms with Gasteiger partial charge in [0.15, 0.2) is 5.82 Å². The van der Waals surface area contributed by atoms with Gasteiger partial charge in [-0.25, -0.2) is 4.98 Å². The van der Waals surface area contributed by atoms with Gasteiger partial charge in [0.25, 0.3) is 5.91 Å². The number of rotatable bonds is 10. The van der Waals surface area contributed by atoms with Gasteiger partial charge < -0.3 is 14.8 Å². The third-order valence-electron chi connectivity index (χ3n) is 4.90. The summed E-state index contributed by atoms with van der Waals surface area (Å²) < 4.78 is 38.8. The molecule has 0 radical (unpaired) electrons. The molecule has 2 aromatic heterocycles. The molecule has 0 aliphatic rings. The molecule has 2 heterocycles. The number of benzene rings is 2. The number of nitrogens with one attached hydrogen (secondary N) is 3. The lowest BCUT2D eigenvalue weighted by Gasteiger charge is -2.10. The van der Waals surface area contributed by atoms with Crippen molar-refractivity contribution in [2.75, 3.05) is 11.9 Å². The van der Waals surface area contributed by atoms with Crippen LogP contribution in [0.1, 0.15) is 26.0 Å². The molecule has 4 rings (SSSR count). The second kappa shape index (κ2) is 10.7. The van der Waals surface area contributed by atoms with Gasteiger partial charge in [0.2, 0.25) is 0 Å². The molecule has 0 unspecified atom stereocenters. The van der Waals surface area contributed by atoms with Crippen molar-refractivity contribution in [2.24, 2.45) is 0 Å². The molecule has 4 aromatic rings. The number of nitrogens with zero attached hydrogens (tertiary/aromatic N) is 3. The normalized spacial score (nSPS) is 11.1. The number of aromatic nitrogens is 4. The summed E-state index contributed by atoms with van der Waals surface area (Å²) in [6.07, 6.45) is 3.59. The smallest absolute Gasteiger partial charge is 0.378 e. The maximum absolute atomic E-state index is 12.9. The SMILES string of the molecule is O=C(NCCc1ccccc1OS(=O)(=O)F)c1cccc(NCc2nc(-c3ccncc3)n[nH]2)c1.[HH].[HH].[HH]. The first-order chi connectivity index (χ1) is 16.9. The van der Waals surface area contributed by atoms with E-state index in [0.717, 1.165) is 5.56 Å². The van der Waals surface area contributed by atoms with Gasteiger partial charge in [0.1, 0.15) is 11.6 Å². The molecular weight excluding hydrogens is 475 g/mol. The number of H-pyrrole nitrogens is 1. The minimum absolute atomic E-state index is 0. The van der Waals surface area contributed by atoms with Gasteiger partial charge in [-0.15, -0.1) is 0 Å². The molecule has 0 bridgehead atoms. The van der Waals surface area contributed by atoms with E-state index >= 15 is 0 Å². The molecule has 10 nitrogen and oxygen atoms in total. The van der Waals surface area contributed by atoms with Crippen LogP contribution in [0.3, 0.4) is 0 Å². The Hall–Kier alpha value is -4.32. The number of hydrogen-bond donors (Lipinski definition) is 3. The van der Waals surface area contributed by atoms with E-state index in [2.05, 4.69) is 35.0 Å². The first kappa shape index (κ1) is 23.8. The molecule has 1 amide bonds. The van der Waals surface area contributed by atoms with Crippen molar-refractivity contribution < 1.29 is 25.6 Å². The average Bonchev–Trinajstić information content (AvgIpc) is 3.33. The second-order valence-corrected chi connectivity index (χ2v) is 8.32. The highest BCUT2D eigenvalue weighted by atomic mass is 32.3. The third kappa shape index (κ3) is 6.84. The lowest BCUT2D eigenvalue weighted by Crippen LogP contribution is -2.26. The maximum Gasteiger partial charge on any atom is 0.488 e. The number of amides is 1. The van der Waals surface area contributed by atoms with Crippen LogP contribution in [0.25, 0.3) is 11.4 Å². The first-order valence-electron chi connectivity index (χ1n) is 10.5. The summed E-state index contributed by atoms with van der Waals surface area (Å²) in [5, 5.41) is 13.0. The quantitative estimate of drug-likeness (QED) is 0.279. The zero-order valence-electron chi connectivity index (χ0n) is 18.3. The van der Waals surface area contributed by atoms with Crippen LogP contribution < -0.4 is 14.8 Å². The molecule has 3 N–H and O–H groups in total. The lowest BCUT2D eigenvalue weighted by atomic mass is 10.1. The molecule has 35 heavy (non-hydrogen) atoms. The van der Waals surface area contributed by atoms with Gasteiger partial charge in [0.05, 0.1) is 6.54 Å². The minimum Gasteiger partial charge on any atom is -0.378 e. The summed E-state index contributed by atoms with van der Waals surface area (Å²) in [6, 6.07) is 16.7.